The highest BCUT2D eigenvalue weighted by Crippen LogP contribution is 2.48. The van der Waals surface area contributed by atoms with Gasteiger partial charge < -0.3 is 0 Å². The molecule has 2 unspecified atom stereocenters. The van der Waals surface area contributed by atoms with Crippen molar-refractivity contribution < 1.29 is 14.0 Å². The van der Waals surface area contributed by atoms with Crippen molar-refractivity contribution in [3.63, 3.8) is 0 Å². The minimum atomic E-state index is -0.722. The fourth-order valence-electron chi connectivity index (χ4n) is 3.46. The zero-order valence-electron chi connectivity index (χ0n) is 7.00. The summed E-state index contributed by atoms with van der Waals surface area (Å²) in [4.78, 5) is 11.5. The molecule has 3 heterocycles. The van der Waals surface area contributed by atoms with Crippen LogP contribution in [-0.4, -0.2) is 23.7 Å². The molecule has 1 saturated carbocycles. The predicted octanol–water partition coefficient (Wildman–Crippen LogP) is 1.27. The molecule has 0 aromatic heterocycles. The summed E-state index contributed by atoms with van der Waals surface area (Å²) >= 11 is 0. The van der Waals surface area contributed by atoms with Gasteiger partial charge in [0.05, 0.1) is 5.92 Å². The first-order valence-corrected chi connectivity index (χ1v) is 4.78. The summed E-state index contributed by atoms with van der Waals surface area (Å²) in [6.45, 7) is 0.956. The molecule has 3 aliphatic heterocycles. The van der Waals surface area contributed by atoms with E-state index in [-0.39, 0.29) is 11.8 Å². The Balaban J connectivity index is 2.02. The summed E-state index contributed by atoms with van der Waals surface area (Å²) in [6, 6.07) is 0. The van der Waals surface area contributed by atoms with Crippen LogP contribution >= 0.6 is 0 Å². The third kappa shape index (κ3) is 0.703. The van der Waals surface area contributed by atoms with Crippen LogP contribution in [-0.2, 0) is 4.79 Å². The summed E-state index contributed by atoms with van der Waals surface area (Å²) in [6.07, 6.45) is 3.12. The van der Waals surface area contributed by atoms with E-state index >= 15 is 0 Å². The standard InChI is InChI=1S/C9H13FNO/c10-11-4-6-1-7(5-11)3-8(2-6)9(11)12/h6-8H,1-5H2/q+1. The zero-order chi connectivity index (χ0) is 8.34. The molecule has 2 nitrogen and oxygen atoms in total. The second-order valence-corrected chi connectivity index (χ2v) is 4.70. The molecule has 66 valence electrons. The monoisotopic (exact) mass is 170 g/mol. The van der Waals surface area contributed by atoms with Gasteiger partial charge in [0.25, 0.3) is 0 Å². The zero-order valence-corrected chi connectivity index (χ0v) is 7.00. The molecule has 0 radical (unpaired) electrons. The highest BCUT2D eigenvalue weighted by Gasteiger charge is 2.59. The van der Waals surface area contributed by atoms with Gasteiger partial charge in [-0.1, -0.05) is 4.71 Å². The van der Waals surface area contributed by atoms with Gasteiger partial charge in [-0.25, -0.2) is 4.79 Å². The molecule has 0 N–H and O–H groups in total. The second-order valence-electron chi connectivity index (χ2n) is 4.70. The van der Waals surface area contributed by atoms with Gasteiger partial charge in [0.15, 0.2) is 0 Å². The van der Waals surface area contributed by atoms with E-state index in [4.69, 9.17) is 0 Å². The molecule has 12 heavy (non-hydrogen) atoms. The number of quaternary nitrogens is 1. The van der Waals surface area contributed by atoms with Crippen molar-refractivity contribution in [1.29, 1.82) is 0 Å². The minimum Gasteiger partial charge on any atom is -0.227 e. The Kier molecular flexibility index (Phi) is 1.11. The lowest BCUT2D eigenvalue weighted by molar-refractivity contribution is -1.01. The number of piperidine rings is 3. The molecule has 1 aliphatic carbocycles. The van der Waals surface area contributed by atoms with Crippen molar-refractivity contribution in [2.75, 3.05) is 13.1 Å². The topological polar surface area (TPSA) is 17.1 Å². The van der Waals surface area contributed by atoms with Gasteiger partial charge in [-0.15, -0.1) is 0 Å². The molecule has 4 rings (SSSR count). The fraction of sp³-hybridized carbons (Fsp3) is 0.889. The van der Waals surface area contributed by atoms with Gasteiger partial charge in [-0.2, -0.15) is 0 Å². The first kappa shape index (κ1) is 7.01. The van der Waals surface area contributed by atoms with Crippen LogP contribution in [0.1, 0.15) is 19.3 Å². The third-order valence-electron chi connectivity index (χ3n) is 3.74. The number of carbonyl (C=O) groups excluding carboxylic acids is 1. The van der Waals surface area contributed by atoms with Crippen LogP contribution in [0.25, 0.3) is 0 Å². The highest BCUT2D eigenvalue weighted by molar-refractivity contribution is 5.73. The lowest BCUT2D eigenvalue weighted by atomic mass is 9.68. The van der Waals surface area contributed by atoms with Crippen LogP contribution in [0.3, 0.4) is 0 Å². The predicted molar refractivity (Wildman–Crippen MR) is 40.4 cm³/mol. The minimum absolute atomic E-state index is 0.0706. The molecule has 4 aliphatic rings. The number of nitrogens with zero attached hydrogens (tertiary/aromatic N) is 1. The lowest BCUT2D eigenvalue weighted by Crippen LogP contribution is -2.64. The molecule has 3 saturated heterocycles. The van der Waals surface area contributed by atoms with E-state index < -0.39 is 4.71 Å². The molecular formula is C9H13FNO+. The molecule has 2 atom stereocenters. The van der Waals surface area contributed by atoms with Crippen molar-refractivity contribution in [2.45, 2.75) is 19.3 Å². The first-order valence-electron chi connectivity index (χ1n) is 4.78. The van der Waals surface area contributed by atoms with Gasteiger partial charge in [0, 0.05) is 16.3 Å². The molecule has 3 heteroatoms. The van der Waals surface area contributed by atoms with E-state index in [1.165, 1.54) is 6.42 Å². The van der Waals surface area contributed by atoms with Crippen molar-refractivity contribution in [2.24, 2.45) is 17.8 Å². The summed E-state index contributed by atoms with van der Waals surface area (Å²) in [5.41, 5.74) is 0. The molecule has 4 fully saturated rings. The Labute approximate surface area is 70.9 Å². The van der Waals surface area contributed by atoms with Gasteiger partial charge in [-0.3, -0.25) is 0 Å². The van der Waals surface area contributed by atoms with Gasteiger partial charge in [0.1, 0.15) is 13.1 Å². The Morgan fingerprint density at radius 3 is 2.25 bits per heavy atom. The van der Waals surface area contributed by atoms with Crippen LogP contribution in [0.15, 0.2) is 0 Å². The molecule has 1 amide bonds. The van der Waals surface area contributed by atoms with E-state index in [1.807, 2.05) is 0 Å². The van der Waals surface area contributed by atoms with E-state index in [9.17, 15) is 9.28 Å². The van der Waals surface area contributed by atoms with Crippen LogP contribution in [0, 0.1) is 17.8 Å². The number of rotatable bonds is 0. The fourth-order valence-corrected chi connectivity index (χ4v) is 3.46. The van der Waals surface area contributed by atoms with E-state index in [0.29, 0.717) is 24.9 Å². The van der Waals surface area contributed by atoms with Crippen LogP contribution in [0.5, 0.6) is 0 Å². The van der Waals surface area contributed by atoms with Crippen LogP contribution in [0.4, 0.5) is 4.48 Å². The van der Waals surface area contributed by atoms with Crippen molar-refractivity contribution in [3.05, 3.63) is 0 Å². The maximum absolute atomic E-state index is 13.9. The Morgan fingerprint density at radius 2 is 1.75 bits per heavy atom. The highest BCUT2D eigenvalue weighted by atomic mass is 19.2. The number of hydrogen-bond acceptors (Lipinski definition) is 1. The summed E-state index contributed by atoms with van der Waals surface area (Å²) in [5, 5.41) is 0. The molecule has 0 aromatic rings. The summed E-state index contributed by atoms with van der Waals surface area (Å²) < 4.78 is 13.1. The number of amides is 1. The Bertz CT molecular complexity index is 239. The molecular weight excluding hydrogens is 157 g/mol. The van der Waals surface area contributed by atoms with Gasteiger partial charge in [0.2, 0.25) is 0 Å². The maximum atomic E-state index is 13.9. The van der Waals surface area contributed by atoms with E-state index in [1.54, 1.807) is 0 Å². The van der Waals surface area contributed by atoms with E-state index in [0.717, 1.165) is 12.8 Å². The quantitative estimate of drug-likeness (QED) is 0.500. The van der Waals surface area contributed by atoms with Crippen LogP contribution < -0.4 is 0 Å². The second kappa shape index (κ2) is 1.90. The normalized spacial score (nSPS) is 56.4. The number of hydrogen-bond donors (Lipinski definition) is 0. The van der Waals surface area contributed by atoms with Crippen molar-refractivity contribution in [1.82, 2.24) is 0 Å². The number of carbonyl (C=O) groups is 1. The first-order chi connectivity index (χ1) is 5.67. The summed E-state index contributed by atoms with van der Waals surface area (Å²) in [7, 11) is 0. The van der Waals surface area contributed by atoms with Crippen molar-refractivity contribution in [3.8, 4) is 0 Å². The average molecular weight is 170 g/mol. The smallest absolute Gasteiger partial charge is 0.227 e. The molecule has 4 bridgehead atoms. The molecule has 0 aromatic carbocycles. The largest absolute Gasteiger partial charge is 0.354 e. The maximum Gasteiger partial charge on any atom is 0.354 e. The lowest BCUT2D eigenvalue weighted by Gasteiger charge is -2.48. The SMILES string of the molecule is O=C1C2CC3CC(C2)C[N+]1(F)C3. The van der Waals surface area contributed by atoms with Crippen LogP contribution in [0.2, 0.25) is 0 Å². The summed E-state index contributed by atoms with van der Waals surface area (Å²) in [5.74, 6) is 0.957. The van der Waals surface area contributed by atoms with Crippen molar-refractivity contribution >= 4 is 5.91 Å². The Hall–Kier alpha value is -0.440. The Morgan fingerprint density at radius 1 is 1.17 bits per heavy atom. The number of halogens is 1. The molecule has 0 spiro atoms. The van der Waals surface area contributed by atoms with Gasteiger partial charge >= 0.3 is 5.91 Å². The average Bonchev–Trinajstić information content (AvgIpc) is 1.98. The van der Waals surface area contributed by atoms with Gasteiger partial charge in [-0.05, 0) is 19.3 Å². The van der Waals surface area contributed by atoms with E-state index in [2.05, 4.69) is 0 Å². The third-order valence-corrected chi connectivity index (χ3v) is 3.74.